The van der Waals surface area contributed by atoms with E-state index in [-0.39, 0.29) is 5.82 Å². The summed E-state index contributed by atoms with van der Waals surface area (Å²) in [4.78, 5) is 4.46. The van der Waals surface area contributed by atoms with Crippen molar-refractivity contribution in [2.24, 2.45) is 7.05 Å². The van der Waals surface area contributed by atoms with Gasteiger partial charge in [0.25, 0.3) is 0 Å². The summed E-state index contributed by atoms with van der Waals surface area (Å²) in [5.74, 6) is 0.437. The van der Waals surface area contributed by atoms with Gasteiger partial charge in [-0.15, -0.1) is 0 Å². The minimum Gasteiger partial charge on any atom is -0.398 e. The van der Waals surface area contributed by atoms with Gasteiger partial charge in [0.2, 0.25) is 0 Å². The molecule has 19 heavy (non-hydrogen) atoms. The lowest BCUT2D eigenvalue weighted by atomic mass is 10.2. The van der Waals surface area contributed by atoms with E-state index in [1.165, 1.54) is 12.1 Å². The highest BCUT2D eigenvalue weighted by atomic mass is 79.9. The van der Waals surface area contributed by atoms with Gasteiger partial charge in [0.1, 0.15) is 11.6 Å². The summed E-state index contributed by atoms with van der Waals surface area (Å²) >= 11 is 3.37. The van der Waals surface area contributed by atoms with Crippen LogP contribution in [0.1, 0.15) is 0 Å². The van der Waals surface area contributed by atoms with Gasteiger partial charge < -0.3 is 10.3 Å². The van der Waals surface area contributed by atoms with Gasteiger partial charge in [0.15, 0.2) is 0 Å². The number of hydrogen-bond donors (Lipinski definition) is 1. The minimum atomic E-state index is -0.291. The Labute approximate surface area is 118 Å². The number of hydrogen-bond acceptors (Lipinski definition) is 2. The predicted molar refractivity (Wildman–Crippen MR) is 78.2 cm³/mol. The lowest BCUT2D eigenvalue weighted by Gasteiger charge is -2.06. The van der Waals surface area contributed by atoms with Crippen LogP contribution in [0.25, 0.3) is 22.4 Å². The van der Waals surface area contributed by atoms with Crippen molar-refractivity contribution >= 4 is 32.7 Å². The lowest BCUT2D eigenvalue weighted by Crippen LogP contribution is -1.96. The summed E-state index contributed by atoms with van der Waals surface area (Å²) in [6, 6.07) is 10.2. The van der Waals surface area contributed by atoms with E-state index in [9.17, 15) is 4.39 Å². The Morgan fingerprint density at radius 1 is 1.21 bits per heavy atom. The van der Waals surface area contributed by atoms with Crippen molar-refractivity contribution in [1.82, 2.24) is 9.55 Å². The van der Waals surface area contributed by atoms with Gasteiger partial charge in [0, 0.05) is 28.8 Å². The summed E-state index contributed by atoms with van der Waals surface area (Å²) in [7, 11) is 1.89. The molecule has 0 unspecified atom stereocenters. The Balaban J connectivity index is 2.27. The molecule has 96 valence electrons. The van der Waals surface area contributed by atoms with Crippen molar-refractivity contribution in [3.63, 3.8) is 0 Å². The van der Waals surface area contributed by atoms with Gasteiger partial charge in [-0.1, -0.05) is 15.9 Å². The van der Waals surface area contributed by atoms with E-state index < -0.39 is 0 Å². The van der Waals surface area contributed by atoms with Gasteiger partial charge >= 0.3 is 0 Å². The largest absolute Gasteiger partial charge is 0.398 e. The van der Waals surface area contributed by atoms with E-state index in [4.69, 9.17) is 5.73 Å². The highest BCUT2D eigenvalue weighted by molar-refractivity contribution is 9.10. The second-order valence-electron chi connectivity index (χ2n) is 4.36. The molecule has 0 saturated heterocycles. The number of rotatable bonds is 1. The van der Waals surface area contributed by atoms with Crippen molar-refractivity contribution in [3.05, 3.63) is 46.7 Å². The van der Waals surface area contributed by atoms with Crippen LogP contribution in [0.2, 0.25) is 0 Å². The number of nitrogens with zero attached hydrogens (tertiary/aromatic N) is 2. The molecule has 0 spiro atoms. The number of aryl methyl sites for hydroxylation is 1. The van der Waals surface area contributed by atoms with Crippen molar-refractivity contribution < 1.29 is 4.39 Å². The second kappa shape index (κ2) is 4.35. The molecule has 0 bridgehead atoms. The van der Waals surface area contributed by atoms with Gasteiger partial charge in [-0.25, -0.2) is 9.37 Å². The summed E-state index contributed by atoms with van der Waals surface area (Å²) in [6.45, 7) is 0. The summed E-state index contributed by atoms with van der Waals surface area (Å²) in [6.07, 6.45) is 0. The fourth-order valence-electron chi connectivity index (χ4n) is 2.15. The molecule has 0 aliphatic carbocycles. The third-order valence-corrected chi connectivity index (χ3v) is 3.59. The van der Waals surface area contributed by atoms with E-state index in [0.717, 1.165) is 21.4 Å². The number of halogens is 2. The quantitative estimate of drug-likeness (QED) is 0.695. The van der Waals surface area contributed by atoms with E-state index >= 15 is 0 Å². The Bertz CT molecular complexity index is 780. The normalized spacial score (nSPS) is 11.1. The van der Waals surface area contributed by atoms with Crippen LogP contribution in [-0.4, -0.2) is 9.55 Å². The maximum atomic E-state index is 13.2. The maximum Gasteiger partial charge on any atom is 0.142 e. The molecule has 1 aromatic heterocycles. The van der Waals surface area contributed by atoms with Crippen molar-refractivity contribution in [2.75, 3.05) is 5.73 Å². The molecule has 0 saturated carbocycles. The number of fused-ring (bicyclic) bond motifs is 1. The smallest absolute Gasteiger partial charge is 0.142 e. The maximum absolute atomic E-state index is 13.2. The van der Waals surface area contributed by atoms with E-state index in [0.29, 0.717) is 11.2 Å². The predicted octanol–water partition coefficient (Wildman–Crippen LogP) is 3.72. The molecule has 0 amide bonds. The zero-order chi connectivity index (χ0) is 13.6. The Morgan fingerprint density at radius 2 is 2.00 bits per heavy atom. The van der Waals surface area contributed by atoms with Crippen molar-refractivity contribution in [3.8, 4) is 11.4 Å². The first-order valence-corrected chi connectivity index (χ1v) is 6.53. The van der Waals surface area contributed by atoms with Crippen LogP contribution < -0.4 is 5.73 Å². The number of nitrogen functional groups attached to an aromatic ring is 1. The Hall–Kier alpha value is -1.88. The molecular weight excluding hydrogens is 309 g/mol. The summed E-state index contributed by atoms with van der Waals surface area (Å²) in [5.41, 5.74) is 8.98. The van der Waals surface area contributed by atoms with E-state index in [2.05, 4.69) is 20.9 Å². The van der Waals surface area contributed by atoms with E-state index in [1.807, 2.05) is 29.8 Å². The number of aromatic nitrogens is 2. The Morgan fingerprint density at radius 3 is 2.74 bits per heavy atom. The Kier molecular flexibility index (Phi) is 2.78. The van der Waals surface area contributed by atoms with Gasteiger partial charge in [0.05, 0.1) is 11.0 Å². The third kappa shape index (κ3) is 2.00. The van der Waals surface area contributed by atoms with Gasteiger partial charge in [-0.2, -0.15) is 0 Å². The molecule has 3 aromatic rings. The van der Waals surface area contributed by atoms with Crippen LogP contribution in [-0.2, 0) is 7.05 Å². The fourth-order valence-corrected chi connectivity index (χ4v) is 2.53. The van der Waals surface area contributed by atoms with Crippen LogP contribution in [0.15, 0.2) is 40.9 Å². The third-order valence-electron chi connectivity index (χ3n) is 3.10. The molecule has 3 nitrogen and oxygen atoms in total. The van der Waals surface area contributed by atoms with Crippen molar-refractivity contribution in [1.29, 1.82) is 0 Å². The SMILES string of the molecule is Cn1c(-c2ccc(Br)cc2N)nc2cc(F)ccc21. The molecule has 5 heteroatoms. The highest BCUT2D eigenvalue weighted by Crippen LogP contribution is 2.30. The molecule has 0 aliphatic heterocycles. The first kappa shape index (κ1) is 12.2. The molecule has 0 atom stereocenters. The van der Waals surface area contributed by atoms with Crippen LogP contribution in [0.5, 0.6) is 0 Å². The average molecular weight is 320 g/mol. The number of imidazole rings is 1. The zero-order valence-electron chi connectivity index (χ0n) is 10.2. The lowest BCUT2D eigenvalue weighted by molar-refractivity contribution is 0.629. The number of anilines is 1. The van der Waals surface area contributed by atoms with Gasteiger partial charge in [-0.3, -0.25) is 0 Å². The monoisotopic (exact) mass is 319 g/mol. The first-order chi connectivity index (χ1) is 9.06. The topological polar surface area (TPSA) is 43.8 Å². The molecular formula is C14H11BrFN3. The van der Waals surface area contributed by atoms with Crippen LogP contribution >= 0.6 is 15.9 Å². The number of benzene rings is 2. The highest BCUT2D eigenvalue weighted by Gasteiger charge is 2.12. The number of nitrogens with two attached hydrogens (primary N) is 1. The van der Waals surface area contributed by atoms with Crippen LogP contribution in [0.3, 0.4) is 0 Å². The van der Waals surface area contributed by atoms with Gasteiger partial charge in [-0.05, 0) is 30.3 Å². The molecule has 2 N–H and O–H groups in total. The molecule has 3 rings (SSSR count). The van der Waals surface area contributed by atoms with E-state index in [1.54, 1.807) is 6.07 Å². The first-order valence-electron chi connectivity index (χ1n) is 5.73. The standard InChI is InChI=1S/C14H11BrFN3/c1-19-13-5-3-9(16)7-12(13)18-14(19)10-4-2-8(15)6-11(10)17/h2-7H,17H2,1H3. The second-order valence-corrected chi connectivity index (χ2v) is 5.27. The van der Waals surface area contributed by atoms with Crippen LogP contribution in [0, 0.1) is 5.82 Å². The molecule has 0 aliphatic rings. The minimum absolute atomic E-state index is 0.291. The average Bonchev–Trinajstić information content (AvgIpc) is 2.66. The molecule has 1 heterocycles. The van der Waals surface area contributed by atoms with Crippen molar-refractivity contribution in [2.45, 2.75) is 0 Å². The summed E-state index contributed by atoms with van der Waals surface area (Å²) in [5, 5.41) is 0. The molecule has 0 radical (unpaired) electrons. The zero-order valence-corrected chi connectivity index (χ0v) is 11.8. The summed E-state index contributed by atoms with van der Waals surface area (Å²) < 4.78 is 16.1. The van der Waals surface area contributed by atoms with Crippen LogP contribution in [0.4, 0.5) is 10.1 Å². The fraction of sp³-hybridized carbons (Fsp3) is 0.0714. The molecule has 0 fully saturated rings. The molecule has 2 aromatic carbocycles.